The molecule has 0 saturated carbocycles. The number of nitriles is 1. The Balaban J connectivity index is 0.000000137. The molecular formula is C98H87Cl2F14N7O13. The molecule has 6 aliphatic heterocycles. The minimum absolute atomic E-state index is 0.0139. The predicted molar refractivity (Wildman–Crippen MR) is 476 cm³/mol. The van der Waals surface area contributed by atoms with E-state index >= 15 is 0 Å². The van der Waals surface area contributed by atoms with Crippen molar-refractivity contribution >= 4 is 23.2 Å². The Kier molecular flexibility index (Phi) is 31.5. The van der Waals surface area contributed by atoms with Crippen LogP contribution in [-0.2, 0) is 24.7 Å². The molecule has 0 amide bonds. The number of fused-ring (bicyclic) bond motifs is 6. The summed E-state index contributed by atoms with van der Waals surface area (Å²) in [5.41, 5.74) is 36.3. The number of alkyl halides is 12. The van der Waals surface area contributed by atoms with Crippen LogP contribution in [-0.4, -0.2) is 123 Å². The quantitative estimate of drug-likeness (QED) is 0.0585. The van der Waals surface area contributed by atoms with Crippen LogP contribution < -0.4 is 96.0 Å². The van der Waals surface area contributed by atoms with Gasteiger partial charge in [0.2, 0.25) is 0 Å². The smallest absolute Gasteiger partial charge is 0.417 e. The van der Waals surface area contributed by atoms with E-state index in [2.05, 4.69) is 38.1 Å². The zero-order valence-electron chi connectivity index (χ0n) is 71.5. The zero-order valence-corrected chi connectivity index (χ0v) is 73.0. The maximum atomic E-state index is 14.2. The Morgan fingerprint density at radius 3 is 1.03 bits per heavy atom. The van der Waals surface area contributed by atoms with Gasteiger partial charge in [-0.2, -0.15) is 57.9 Å². The fourth-order valence-electron chi connectivity index (χ4n) is 14.8. The van der Waals surface area contributed by atoms with E-state index in [-0.39, 0.29) is 124 Å². The highest BCUT2D eigenvalue weighted by atomic mass is 35.5. The second kappa shape index (κ2) is 42.8. The van der Waals surface area contributed by atoms with Crippen LogP contribution in [0.4, 0.5) is 61.5 Å². The highest BCUT2D eigenvalue weighted by Gasteiger charge is 2.42. The van der Waals surface area contributed by atoms with E-state index in [0.29, 0.717) is 120 Å². The molecule has 12 aromatic carbocycles. The van der Waals surface area contributed by atoms with Crippen molar-refractivity contribution in [2.45, 2.75) is 75.2 Å². The number of nitrogens with two attached hydrogens (primary N) is 6. The fourth-order valence-corrected chi connectivity index (χ4v) is 15.1. The van der Waals surface area contributed by atoms with Crippen molar-refractivity contribution in [2.24, 2.45) is 34.4 Å². The average molecular weight is 1910 g/mol. The first-order chi connectivity index (χ1) is 64.1. The van der Waals surface area contributed by atoms with Crippen molar-refractivity contribution in [3.8, 4) is 148 Å². The lowest BCUT2D eigenvalue weighted by atomic mass is 9.95. The number of nitrogens with zero attached hydrogens (tertiary/aromatic N) is 1. The molecule has 0 aromatic heterocycles. The van der Waals surface area contributed by atoms with E-state index in [9.17, 15) is 61.5 Å². The summed E-state index contributed by atoms with van der Waals surface area (Å²) in [6.45, 7) is 7.71. The first-order valence-electron chi connectivity index (χ1n) is 41.5. The average Bonchev–Trinajstić information content (AvgIpc) is 0.763. The molecular weight excluding hydrogens is 1820 g/mol. The summed E-state index contributed by atoms with van der Waals surface area (Å²) in [4.78, 5) is 0. The molecule has 20 nitrogen and oxygen atoms in total. The molecule has 6 aliphatic rings. The van der Waals surface area contributed by atoms with Gasteiger partial charge in [-0.3, -0.25) is 0 Å². The molecule has 12 aromatic rings. The molecule has 0 bridgehead atoms. The summed E-state index contributed by atoms with van der Waals surface area (Å²) in [5.74, 6) is 4.99. The maximum Gasteiger partial charge on any atom is 0.417 e. The van der Waals surface area contributed by atoms with Crippen LogP contribution >= 0.6 is 23.2 Å². The molecule has 704 valence electrons. The minimum Gasteiger partial charge on any atom is -0.496 e. The Morgan fingerprint density at radius 2 is 0.672 bits per heavy atom. The standard InChI is InChI=1S/C17H13F6NO2.C17H13F3N2O2.C17H19NO2.C16H13ClF3NO2.C16H16FNO3.C15H13ClFNO2/c18-16(19,20)9-4-5-13(17(21,22)23)12(6-9)11-2-1-3-14-15(11)26-10(7-24)8-25-14;18-17(19,20)14-5-4-10(7-21)6-13(14)12-2-1-3-15-16(12)24-11(8-22)9-23-15;1-11-6-7-14(12(2)8-11)15-4-3-5-16-17(15)20-13(9-18)10-19-16;17-9-4-5-11(13(6-9)16(18,19)20)12-2-1-3-14-15(12)23-10(7-21)8-22-14;1-19-14-6-5-10(17)7-13(14)12-3-2-4-15-16(12)21-11(8-18)9-20-15;16-12-5-1-3-10(14(12)17)11-4-2-6-13-15(11)20-9(7-18)8-19-13/h1-6,10H,7-8,24H2;1-6,11H,8-9,22H2;3-8,13H,9-10,18H2,1-2H3;1-6,10H,7-8,21H2;2-7,11H,8-9,18H2,1H3;1-6,9H,7-8,18H2/t10-;11-;13-;10-;11-;9-/m000000/s1. The van der Waals surface area contributed by atoms with E-state index in [1.54, 1.807) is 73.8 Å². The van der Waals surface area contributed by atoms with Crippen LogP contribution in [0.5, 0.6) is 74.7 Å². The number of rotatable bonds is 13. The third-order valence-electron chi connectivity index (χ3n) is 21.3. The van der Waals surface area contributed by atoms with Gasteiger partial charge in [0, 0.05) is 88.8 Å². The van der Waals surface area contributed by atoms with Crippen LogP contribution in [0, 0.1) is 36.8 Å². The first kappa shape index (κ1) is 98.4. The van der Waals surface area contributed by atoms with Gasteiger partial charge in [-0.15, -0.1) is 0 Å². The summed E-state index contributed by atoms with van der Waals surface area (Å²) in [7, 11) is 1.55. The third kappa shape index (κ3) is 23.0. The number of aryl methyl sites for hydroxylation is 2. The van der Waals surface area contributed by atoms with Crippen LogP contribution in [0.25, 0.3) is 66.8 Å². The van der Waals surface area contributed by atoms with Gasteiger partial charge in [0.05, 0.1) is 46.0 Å². The highest BCUT2D eigenvalue weighted by molar-refractivity contribution is 6.31. The van der Waals surface area contributed by atoms with Crippen molar-refractivity contribution in [1.29, 1.82) is 5.26 Å². The maximum absolute atomic E-state index is 14.2. The lowest BCUT2D eigenvalue weighted by molar-refractivity contribution is -0.141. The van der Waals surface area contributed by atoms with Crippen molar-refractivity contribution in [3.63, 3.8) is 0 Å². The topological polar surface area (TPSA) is 300 Å². The number of benzene rings is 12. The van der Waals surface area contributed by atoms with E-state index < -0.39 is 76.7 Å². The Labute approximate surface area is 769 Å². The molecule has 0 radical (unpaired) electrons. The Morgan fingerprint density at radius 1 is 0.336 bits per heavy atom. The van der Waals surface area contributed by atoms with E-state index in [1.807, 2.05) is 36.4 Å². The molecule has 0 aliphatic carbocycles. The number of hydrogen-bond donors (Lipinski definition) is 6. The number of methoxy groups -OCH3 is 1. The summed E-state index contributed by atoms with van der Waals surface area (Å²) in [6.07, 6.45) is -20.7. The normalized spacial score (nSPS) is 17.0. The third-order valence-corrected chi connectivity index (χ3v) is 21.9. The summed E-state index contributed by atoms with van der Waals surface area (Å²) < 4.78 is 260. The van der Waals surface area contributed by atoms with Gasteiger partial charge in [0.1, 0.15) is 93.6 Å². The monoisotopic (exact) mass is 1910 g/mol. The molecule has 6 heterocycles. The lowest BCUT2D eigenvalue weighted by Gasteiger charge is -2.28. The van der Waals surface area contributed by atoms with Crippen molar-refractivity contribution < 1.29 is 123 Å². The Bertz CT molecular complexity index is 6230. The van der Waals surface area contributed by atoms with Gasteiger partial charge in [0.15, 0.2) is 69.0 Å². The van der Waals surface area contributed by atoms with E-state index in [4.69, 9.17) is 124 Å². The molecule has 0 saturated heterocycles. The van der Waals surface area contributed by atoms with Crippen molar-refractivity contribution in [2.75, 3.05) is 86.0 Å². The molecule has 6 atom stereocenters. The second-order valence-electron chi connectivity index (χ2n) is 30.6. The fraction of sp³-hybridized carbons (Fsp3) is 0.255. The molecule has 18 rings (SSSR count). The predicted octanol–water partition coefficient (Wildman–Crippen LogP) is 20.9. The number of para-hydroxylation sites is 6. The SMILES string of the molecule is COc1ccc(F)cc1-c1cccc2c1O[C@@H](CN)CO2.Cc1ccc(-c2cccc3c2O[C@@H](CN)CO3)c(C)c1.N#Cc1ccc(C(F)(F)F)c(-c2cccc3c2O[C@@H](CN)CO3)c1.NC[C@H]1COc2cccc(-c3cc(C(F)(F)F)ccc3C(F)(F)F)c2O1.NC[C@H]1COc2cccc(-c3ccc(Cl)cc3C(F)(F)F)c2O1.NC[C@H]1COc2cccc(-c3cccc(Cl)c3F)c2O1. The highest BCUT2D eigenvalue weighted by Crippen LogP contribution is 2.53. The second-order valence-corrected chi connectivity index (χ2v) is 31.4. The van der Waals surface area contributed by atoms with Gasteiger partial charge in [-0.1, -0.05) is 138 Å². The summed E-state index contributed by atoms with van der Waals surface area (Å²) in [5, 5.41) is 9.11. The zero-order chi connectivity index (χ0) is 96.1. The van der Waals surface area contributed by atoms with Crippen LogP contribution in [0.2, 0.25) is 10.0 Å². The van der Waals surface area contributed by atoms with Gasteiger partial charge in [-0.25, -0.2) is 8.78 Å². The van der Waals surface area contributed by atoms with Crippen LogP contribution in [0.15, 0.2) is 218 Å². The Hall–Kier alpha value is -13.1. The molecule has 0 fully saturated rings. The van der Waals surface area contributed by atoms with Gasteiger partial charge in [0.25, 0.3) is 0 Å². The van der Waals surface area contributed by atoms with Crippen molar-refractivity contribution in [3.05, 3.63) is 279 Å². The minimum atomic E-state index is -4.84. The first-order valence-corrected chi connectivity index (χ1v) is 42.2. The molecule has 134 heavy (non-hydrogen) atoms. The number of ether oxygens (including phenoxy) is 13. The summed E-state index contributed by atoms with van der Waals surface area (Å²) >= 11 is 11.6. The number of halogens is 16. The van der Waals surface area contributed by atoms with Crippen LogP contribution in [0.1, 0.15) is 38.9 Å². The van der Waals surface area contributed by atoms with E-state index in [1.165, 1.54) is 77.4 Å². The van der Waals surface area contributed by atoms with Gasteiger partial charge in [-0.05, 0) is 151 Å². The largest absolute Gasteiger partial charge is 0.496 e. The van der Waals surface area contributed by atoms with E-state index in [0.717, 1.165) is 40.8 Å². The molecule has 0 spiro atoms. The molecule has 36 heteroatoms. The van der Waals surface area contributed by atoms with Crippen LogP contribution in [0.3, 0.4) is 0 Å². The van der Waals surface area contributed by atoms with Gasteiger partial charge >= 0.3 is 24.7 Å². The summed E-state index contributed by atoms with van der Waals surface area (Å²) in [6, 6.07) is 56.2. The lowest BCUT2D eigenvalue weighted by Crippen LogP contribution is -2.35. The molecule has 0 unspecified atom stereocenters. The molecule has 12 N–H and O–H groups in total. The van der Waals surface area contributed by atoms with Crippen molar-refractivity contribution in [1.82, 2.24) is 0 Å². The number of hydrogen-bond acceptors (Lipinski definition) is 20. The van der Waals surface area contributed by atoms with Gasteiger partial charge < -0.3 is 96.0 Å².